The number of hydrogen-bond donors (Lipinski definition) is 1. The monoisotopic (exact) mass is 233 g/mol. The minimum atomic E-state index is -1.21. The highest BCUT2D eigenvalue weighted by Gasteiger charge is 2.11. The van der Waals surface area contributed by atoms with E-state index in [1.807, 2.05) is 0 Å². The van der Waals surface area contributed by atoms with Gasteiger partial charge in [0.25, 0.3) is 5.56 Å². The van der Waals surface area contributed by atoms with Crippen molar-refractivity contribution in [2.24, 2.45) is 7.05 Å². The molecule has 0 radical (unpaired) electrons. The van der Waals surface area contributed by atoms with Crippen molar-refractivity contribution in [2.75, 3.05) is 0 Å². The highest BCUT2D eigenvalue weighted by Crippen LogP contribution is 2.01. The molecule has 0 unspecified atom stereocenters. The fraction of sp³-hybridized carbons (Fsp3) is 0.182. The van der Waals surface area contributed by atoms with E-state index in [1.165, 1.54) is 10.6 Å². The average Bonchev–Trinajstić information content (AvgIpc) is 2.77. The fourth-order valence-electron chi connectivity index (χ4n) is 1.56. The molecule has 0 aliphatic carbocycles. The molecule has 2 heterocycles. The lowest BCUT2D eigenvalue weighted by molar-refractivity contribution is 0.0694. The van der Waals surface area contributed by atoms with Crippen molar-refractivity contribution in [1.29, 1.82) is 0 Å². The van der Waals surface area contributed by atoms with Crippen molar-refractivity contribution in [1.82, 2.24) is 14.3 Å². The van der Waals surface area contributed by atoms with Crippen LogP contribution in [0.1, 0.15) is 16.1 Å². The van der Waals surface area contributed by atoms with Gasteiger partial charge >= 0.3 is 5.97 Å². The Labute approximate surface area is 96.7 Å². The zero-order valence-corrected chi connectivity index (χ0v) is 9.20. The van der Waals surface area contributed by atoms with E-state index < -0.39 is 11.5 Å². The lowest BCUT2D eigenvalue weighted by atomic mass is 10.2. The second kappa shape index (κ2) is 4.25. The Morgan fingerprint density at radius 2 is 2.24 bits per heavy atom. The second-order valence-electron chi connectivity index (χ2n) is 3.61. The summed E-state index contributed by atoms with van der Waals surface area (Å²) in [4.78, 5) is 22.5. The lowest BCUT2D eigenvalue weighted by Gasteiger charge is -2.08. The second-order valence-corrected chi connectivity index (χ2v) is 3.61. The summed E-state index contributed by atoms with van der Waals surface area (Å²) in [5.74, 6) is -1.21. The molecular formula is C11H11N3O3. The Kier molecular flexibility index (Phi) is 2.78. The number of pyridine rings is 1. The molecule has 1 N–H and O–H groups in total. The molecule has 0 fully saturated rings. The molecular weight excluding hydrogens is 222 g/mol. The van der Waals surface area contributed by atoms with E-state index in [2.05, 4.69) is 5.10 Å². The Bertz CT molecular complexity index is 599. The van der Waals surface area contributed by atoms with Gasteiger partial charge in [-0.1, -0.05) is 0 Å². The molecule has 17 heavy (non-hydrogen) atoms. The van der Waals surface area contributed by atoms with E-state index in [-0.39, 0.29) is 5.56 Å². The van der Waals surface area contributed by atoms with Crippen LogP contribution in [0.3, 0.4) is 0 Å². The molecule has 0 saturated heterocycles. The van der Waals surface area contributed by atoms with E-state index >= 15 is 0 Å². The Balaban J connectivity index is 2.41. The molecule has 2 rings (SSSR count). The van der Waals surface area contributed by atoms with Gasteiger partial charge < -0.3 is 9.67 Å². The van der Waals surface area contributed by atoms with Gasteiger partial charge in [-0.25, -0.2) is 4.79 Å². The predicted molar refractivity (Wildman–Crippen MR) is 60.0 cm³/mol. The Morgan fingerprint density at radius 3 is 2.82 bits per heavy atom. The Morgan fingerprint density at radius 1 is 1.47 bits per heavy atom. The van der Waals surface area contributed by atoms with Crippen LogP contribution in [-0.4, -0.2) is 25.4 Å². The fourth-order valence-corrected chi connectivity index (χ4v) is 1.56. The summed E-state index contributed by atoms with van der Waals surface area (Å²) >= 11 is 0. The first kappa shape index (κ1) is 11.1. The summed E-state index contributed by atoms with van der Waals surface area (Å²) in [7, 11) is 1.55. The largest absolute Gasteiger partial charge is 0.477 e. The third kappa shape index (κ3) is 2.10. The quantitative estimate of drug-likeness (QED) is 0.828. The van der Waals surface area contributed by atoms with Crippen LogP contribution in [0.25, 0.3) is 0 Å². The van der Waals surface area contributed by atoms with E-state index in [0.717, 1.165) is 0 Å². The summed E-state index contributed by atoms with van der Waals surface area (Å²) in [5, 5.41) is 12.8. The molecule has 2 aromatic rings. The number of rotatable bonds is 3. The summed E-state index contributed by atoms with van der Waals surface area (Å²) in [6.07, 6.45) is 3.42. The van der Waals surface area contributed by atoms with Crippen molar-refractivity contribution >= 4 is 5.97 Å². The van der Waals surface area contributed by atoms with Crippen molar-refractivity contribution < 1.29 is 9.90 Å². The maximum atomic E-state index is 11.7. The van der Waals surface area contributed by atoms with E-state index in [1.54, 1.807) is 36.3 Å². The number of aromatic carboxylic acids is 1. The van der Waals surface area contributed by atoms with Crippen molar-refractivity contribution in [3.05, 3.63) is 52.2 Å². The first-order valence-corrected chi connectivity index (χ1v) is 4.99. The minimum absolute atomic E-state index is 0.225. The van der Waals surface area contributed by atoms with Crippen molar-refractivity contribution in [3.8, 4) is 0 Å². The number of hydrogen-bond acceptors (Lipinski definition) is 3. The van der Waals surface area contributed by atoms with E-state index in [0.29, 0.717) is 12.2 Å². The van der Waals surface area contributed by atoms with Crippen LogP contribution in [0.5, 0.6) is 0 Å². The SMILES string of the molecule is Cn1c(Cn2cccn2)ccc(C(=O)O)c1=O. The third-order valence-corrected chi connectivity index (χ3v) is 2.52. The third-order valence-electron chi connectivity index (χ3n) is 2.52. The standard InChI is InChI=1S/C11H11N3O3/c1-13-8(7-14-6-2-5-12-14)3-4-9(10(13)15)11(16)17/h2-6H,7H2,1H3,(H,16,17). The zero-order valence-electron chi connectivity index (χ0n) is 9.20. The lowest BCUT2D eigenvalue weighted by Crippen LogP contribution is -2.27. The first-order chi connectivity index (χ1) is 8.09. The predicted octanol–water partition coefficient (Wildman–Crippen LogP) is 0.328. The normalized spacial score (nSPS) is 10.4. The van der Waals surface area contributed by atoms with Gasteiger partial charge in [0.05, 0.1) is 6.54 Å². The molecule has 2 aromatic heterocycles. The summed E-state index contributed by atoms with van der Waals surface area (Å²) in [6, 6.07) is 4.72. The van der Waals surface area contributed by atoms with Gasteiger partial charge in [0.2, 0.25) is 0 Å². The number of carbonyl (C=O) groups is 1. The number of carboxylic acid groups (broad SMARTS) is 1. The molecule has 0 aliphatic heterocycles. The molecule has 0 aliphatic rings. The van der Waals surface area contributed by atoms with Gasteiger partial charge in [0.15, 0.2) is 0 Å². The molecule has 0 amide bonds. The molecule has 6 nitrogen and oxygen atoms in total. The van der Waals surface area contributed by atoms with Gasteiger partial charge in [-0.2, -0.15) is 5.10 Å². The van der Waals surface area contributed by atoms with Gasteiger partial charge in [0.1, 0.15) is 5.56 Å². The summed E-state index contributed by atoms with van der Waals surface area (Å²) < 4.78 is 2.99. The maximum absolute atomic E-state index is 11.7. The minimum Gasteiger partial charge on any atom is -0.477 e. The molecule has 6 heteroatoms. The highest BCUT2D eigenvalue weighted by molar-refractivity contribution is 5.87. The number of carboxylic acids is 1. The van der Waals surface area contributed by atoms with Gasteiger partial charge in [0, 0.05) is 25.1 Å². The van der Waals surface area contributed by atoms with E-state index in [4.69, 9.17) is 5.11 Å². The molecule has 0 bridgehead atoms. The van der Waals surface area contributed by atoms with Crippen LogP contribution >= 0.6 is 0 Å². The highest BCUT2D eigenvalue weighted by atomic mass is 16.4. The van der Waals surface area contributed by atoms with Gasteiger partial charge in [-0.3, -0.25) is 9.48 Å². The summed E-state index contributed by atoms with van der Waals surface area (Å²) in [6.45, 7) is 0.429. The molecule has 0 atom stereocenters. The van der Waals surface area contributed by atoms with Crippen molar-refractivity contribution in [3.63, 3.8) is 0 Å². The number of nitrogens with zero attached hydrogens (tertiary/aromatic N) is 3. The van der Waals surface area contributed by atoms with Crippen LogP contribution in [0.15, 0.2) is 35.4 Å². The number of aromatic nitrogens is 3. The van der Waals surface area contributed by atoms with Gasteiger partial charge in [-0.15, -0.1) is 0 Å². The first-order valence-electron chi connectivity index (χ1n) is 4.99. The van der Waals surface area contributed by atoms with Gasteiger partial charge in [-0.05, 0) is 18.2 Å². The van der Waals surface area contributed by atoms with Crippen LogP contribution < -0.4 is 5.56 Å². The molecule has 88 valence electrons. The van der Waals surface area contributed by atoms with Crippen molar-refractivity contribution in [2.45, 2.75) is 6.54 Å². The molecule has 0 spiro atoms. The smallest absolute Gasteiger partial charge is 0.341 e. The van der Waals surface area contributed by atoms with Crippen LogP contribution in [0.4, 0.5) is 0 Å². The Hall–Kier alpha value is -2.37. The summed E-state index contributed by atoms with van der Waals surface area (Å²) in [5.41, 5.74) is -0.0393. The molecule has 0 aromatic carbocycles. The van der Waals surface area contributed by atoms with E-state index in [9.17, 15) is 9.59 Å². The van der Waals surface area contributed by atoms with Crippen LogP contribution in [-0.2, 0) is 13.6 Å². The average molecular weight is 233 g/mol. The maximum Gasteiger partial charge on any atom is 0.341 e. The zero-order chi connectivity index (χ0) is 12.4. The van der Waals surface area contributed by atoms with Crippen LogP contribution in [0.2, 0.25) is 0 Å². The molecule has 0 saturated carbocycles. The topological polar surface area (TPSA) is 77.1 Å². The van der Waals surface area contributed by atoms with Crippen LogP contribution in [0, 0.1) is 0 Å².